The summed E-state index contributed by atoms with van der Waals surface area (Å²) in [5.41, 5.74) is 0.261. The van der Waals surface area contributed by atoms with Gasteiger partial charge in [-0.15, -0.1) is 0 Å². The van der Waals surface area contributed by atoms with Crippen molar-refractivity contribution in [1.29, 1.82) is 0 Å². The van der Waals surface area contributed by atoms with Gasteiger partial charge in [0.15, 0.2) is 0 Å². The van der Waals surface area contributed by atoms with E-state index in [0.29, 0.717) is 5.41 Å². The molecule has 0 spiro atoms. The lowest BCUT2D eigenvalue weighted by atomic mass is 9.32. The molecule has 4 rings (SSSR count). The van der Waals surface area contributed by atoms with E-state index in [0.717, 1.165) is 25.2 Å². The molecule has 0 unspecified atom stereocenters. The monoisotopic (exact) mass is 180 g/mol. The van der Waals surface area contributed by atoms with Crippen molar-refractivity contribution in [3.8, 4) is 0 Å². The van der Waals surface area contributed by atoms with Crippen LogP contribution in [0, 0.1) is 16.7 Å². The molecule has 4 saturated carbocycles. The molecule has 2 nitrogen and oxygen atoms in total. The summed E-state index contributed by atoms with van der Waals surface area (Å²) in [6.07, 6.45) is 8.50. The van der Waals surface area contributed by atoms with Gasteiger partial charge in [-0.3, -0.25) is 4.79 Å². The van der Waals surface area contributed by atoms with Gasteiger partial charge >= 0.3 is 5.97 Å². The minimum atomic E-state index is -0.535. The van der Waals surface area contributed by atoms with Crippen molar-refractivity contribution in [1.82, 2.24) is 0 Å². The minimum Gasteiger partial charge on any atom is -0.481 e. The van der Waals surface area contributed by atoms with Crippen molar-refractivity contribution in [3.05, 3.63) is 0 Å². The first-order valence-corrected chi connectivity index (χ1v) is 5.40. The van der Waals surface area contributed by atoms with Gasteiger partial charge in [0.2, 0.25) is 0 Å². The Kier molecular flexibility index (Phi) is 1.27. The van der Waals surface area contributed by atoms with E-state index in [2.05, 4.69) is 0 Å². The van der Waals surface area contributed by atoms with E-state index in [1.807, 2.05) is 0 Å². The maximum absolute atomic E-state index is 10.9. The van der Waals surface area contributed by atoms with Gasteiger partial charge < -0.3 is 5.11 Å². The van der Waals surface area contributed by atoms with E-state index < -0.39 is 5.97 Å². The summed E-state index contributed by atoms with van der Waals surface area (Å²) in [5.74, 6) is 0.348. The summed E-state index contributed by atoms with van der Waals surface area (Å²) in [6.45, 7) is 0. The molecule has 4 aliphatic rings. The Hall–Kier alpha value is -0.530. The molecule has 4 fully saturated rings. The molecular formula is C11H16O2. The standard InChI is InChI=1S/C11H16O2/c12-9(13)11-5-10(6-11,7-11)8-3-1-2-4-8/h8H,1-7H2,(H,12,13). The Morgan fingerprint density at radius 2 is 1.69 bits per heavy atom. The zero-order chi connectivity index (χ0) is 9.10. The molecule has 13 heavy (non-hydrogen) atoms. The zero-order valence-corrected chi connectivity index (χ0v) is 7.88. The fourth-order valence-electron chi connectivity index (χ4n) is 4.06. The summed E-state index contributed by atoms with van der Waals surface area (Å²) in [4.78, 5) is 10.9. The molecule has 0 saturated heterocycles. The highest BCUT2D eigenvalue weighted by Crippen LogP contribution is 2.77. The Labute approximate surface area is 78.3 Å². The van der Waals surface area contributed by atoms with Gasteiger partial charge in [-0.05, 0) is 43.4 Å². The Morgan fingerprint density at radius 3 is 2.15 bits per heavy atom. The van der Waals surface area contributed by atoms with Crippen molar-refractivity contribution in [2.75, 3.05) is 0 Å². The average molecular weight is 180 g/mol. The molecule has 2 bridgehead atoms. The van der Waals surface area contributed by atoms with Gasteiger partial charge in [0.05, 0.1) is 5.41 Å². The lowest BCUT2D eigenvalue weighted by molar-refractivity contribution is -0.241. The summed E-state index contributed by atoms with van der Waals surface area (Å²) in [6, 6.07) is 0. The lowest BCUT2D eigenvalue weighted by Crippen LogP contribution is -2.67. The molecule has 0 aromatic heterocycles. The number of carboxylic acid groups (broad SMARTS) is 1. The van der Waals surface area contributed by atoms with Crippen LogP contribution in [0.15, 0.2) is 0 Å². The molecule has 1 N–H and O–H groups in total. The molecule has 0 aliphatic heterocycles. The molecule has 0 aromatic carbocycles. The van der Waals surface area contributed by atoms with Crippen molar-refractivity contribution in [2.24, 2.45) is 16.7 Å². The smallest absolute Gasteiger partial charge is 0.309 e. The molecule has 0 radical (unpaired) electrons. The second-order valence-corrected chi connectivity index (χ2v) is 5.46. The van der Waals surface area contributed by atoms with Crippen LogP contribution in [0.3, 0.4) is 0 Å². The Balaban J connectivity index is 1.69. The number of hydrogen-bond acceptors (Lipinski definition) is 1. The Bertz CT molecular complexity index is 243. The molecule has 4 aliphatic carbocycles. The number of rotatable bonds is 2. The third-order valence-corrected chi connectivity index (χ3v) is 4.75. The molecular weight excluding hydrogens is 164 g/mol. The molecule has 72 valence electrons. The second-order valence-electron chi connectivity index (χ2n) is 5.46. The third-order valence-electron chi connectivity index (χ3n) is 4.75. The number of hydrogen-bond donors (Lipinski definition) is 1. The summed E-state index contributed by atoms with van der Waals surface area (Å²) in [5, 5.41) is 8.99. The van der Waals surface area contributed by atoms with Crippen LogP contribution in [0.1, 0.15) is 44.9 Å². The van der Waals surface area contributed by atoms with Crippen LogP contribution < -0.4 is 0 Å². The van der Waals surface area contributed by atoms with Gasteiger partial charge in [0, 0.05) is 0 Å². The first kappa shape index (κ1) is 7.84. The summed E-state index contributed by atoms with van der Waals surface area (Å²) in [7, 11) is 0. The van der Waals surface area contributed by atoms with Crippen molar-refractivity contribution in [3.63, 3.8) is 0 Å². The summed E-state index contributed by atoms with van der Waals surface area (Å²) < 4.78 is 0. The van der Waals surface area contributed by atoms with Gasteiger partial charge in [0.25, 0.3) is 0 Å². The van der Waals surface area contributed by atoms with Crippen LogP contribution in [-0.4, -0.2) is 11.1 Å². The van der Waals surface area contributed by atoms with E-state index in [1.165, 1.54) is 25.7 Å². The number of carboxylic acids is 1. The van der Waals surface area contributed by atoms with Crippen LogP contribution in [0.4, 0.5) is 0 Å². The van der Waals surface area contributed by atoms with Crippen LogP contribution in [0.25, 0.3) is 0 Å². The van der Waals surface area contributed by atoms with Crippen LogP contribution in [0.5, 0.6) is 0 Å². The highest BCUT2D eigenvalue weighted by atomic mass is 16.4. The van der Waals surface area contributed by atoms with Gasteiger partial charge in [-0.2, -0.15) is 0 Å². The largest absolute Gasteiger partial charge is 0.481 e. The highest BCUT2D eigenvalue weighted by Gasteiger charge is 2.73. The van der Waals surface area contributed by atoms with E-state index in [1.54, 1.807) is 0 Å². The molecule has 0 amide bonds. The predicted molar refractivity (Wildman–Crippen MR) is 48.3 cm³/mol. The van der Waals surface area contributed by atoms with Crippen LogP contribution in [0.2, 0.25) is 0 Å². The molecule has 0 atom stereocenters. The maximum Gasteiger partial charge on any atom is 0.309 e. The van der Waals surface area contributed by atoms with Crippen molar-refractivity contribution in [2.45, 2.75) is 44.9 Å². The van der Waals surface area contributed by atoms with E-state index in [-0.39, 0.29) is 5.41 Å². The number of carbonyl (C=O) groups is 1. The van der Waals surface area contributed by atoms with Gasteiger partial charge in [-0.25, -0.2) is 0 Å². The average Bonchev–Trinajstić information content (AvgIpc) is 2.31. The fourth-order valence-corrected chi connectivity index (χ4v) is 4.06. The Morgan fingerprint density at radius 1 is 1.15 bits per heavy atom. The molecule has 2 heteroatoms. The summed E-state index contributed by atoms with van der Waals surface area (Å²) >= 11 is 0. The van der Waals surface area contributed by atoms with E-state index in [9.17, 15) is 4.79 Å². The van der Waals surface area contributed by atoms with Crippen molar-refractivity contribution >= 4 is 5.97 Å². The quantitative estimate of drug-likeness (QED) is 0.708. The third kappa shape index (κ3) is 0.773. The maximum atomic E-state index is 10.9. The van der Waals surface area contributed by atoms with E-state index in [4.69, 9.17) is 5.11 Å². The van der Waals surface area contributed by atoms with E-state index >= 15 is 0 Å². The second kappa shape index (κ2) is 2.10. The first-order valence-electron chi connectivity index (χ1n) is 5.40. The lowest BCUT2D eigenvalue weighted by Gasteiger charge is -2.71. The normalized spacial score (nSPS) is 48.3. The molecule has 0 heterocycles. The molecule has 0 aromatic rings. The predicted octanol–water partition coefficient (Wildman–Crippen LogP) is 2.43. The first-order chi connectivity index (χ1) is 6.17. The SMILES string of the molecule is O=C(O)C12CC(C3CCCC3)(C1)C2. The fraction of sp³-hybridized carbons (Fsp3) is 0.909. The topological polar surface area (TPSA) is 37.3 Å². The minimum absolute atomic E-state index is 0.247. The van der Waals surface area contributed by atoms with Gasteiger partial charge in [-0.1, -0.05) is 12.8 Å². The number of aliphatic carboxylic acids is 1. The van der Waals surface area contributed by atoms with Crippen LogP contribution >= 0.6 is 0 Å². The van der Waals surface area contributed by atoms with Crippen molar-refractivity contribution < 1.29 is 9.90 Å². The van der Waals surface area contributed by atoms with Gasteiger partial charge in [0.1, 0.15) is 0 Å². The highest BCUT2D eigenvalue weighted by molar-refractivity contribution is 5.79. The van der Waals surface area contributed by atoms with Crippen LogP contribution in [-0.2, 0) is 4.79 Å². The zero-order valence-electron chi connectivity index (χ0n) is 7.88.